The minimum atomic E-state index is -3.77. The van der Waals surface area contributed by atoms with Gasteiger partial charge in [-0.1, -0.05) is 76.1 Å². The third-order valence-electron chi connectivity index (χ3n) is 7.44. The highest BCUT2D eigenvalue weighted by Crippen LogP contribution is 2.45. The molecular weight excluding hydrogens is 680 g/mol. The molecule has 8 nitrogen and oxygen atoms in total. The molecule has 2 N–H and O–H groups in total. The van der Waals surface area contributed by atoms with Crippen molar-refractivity contribution in [2.24, 2.45) is 4.99 Å². The molecule has 0 aromatic heterocycles. The van der Waals surface area contributed by atoms with E-state index in [4.69, 9.17) is 31.2 Å². The molecule has 0 bridgehead atoms. The van der Waals surface area contributed by atoms with E-state index >= 15 is 0 Å². The first kappa shape index (κ1) is 32.7. The summed E-state index contributed by atoms with van der Waals surface area (Å²) in [4.78, 5) is 19.4. The molecule has 234 valence electrons. The van der Waals surface area contributed by atoms with E-state index in [-0.39, 0.29) is 36.1 Å². The van der Waals surface area contributed by atoms with Gasteiger partial charge in [0.25, 0.3) is 5.91 Å². The van der Waals surface area contributed by atoms with Crippen LogP contribution in [0.25, 0.3) is 0 Å². The van der Waals surface area contributed by atoms with Crippen LogP contribution in [0, 0.1) is 0 Å². The smallest absolute Gasteiger partial charge is 0.252 e. The van der Waals surface area contributed by atoms with Gasteiger partial charge < -0.3 is 19.9 Å². The number of hydrogen-bond donors (Lipinski definition) is 2. The third-order valence-corrected chi connectivity index (χ3v) is 10.1. The monoisotopic (exact) mass is 710 g/mol. The van der Waals surface area contributed by atoms with Crippen LogP contribution >= 0.6 is 27.5 Å². The molecule has 0 unspecified atom stereocenters. The van der Waals surface area contributed by atoms with Crippen molar-refractivity contribution in [3.8, 4) is 5.75 Å². The van der Waals surface area contributed by atoms with Crippen LogP contribution < -0.4 is 10.1 Å². The topological polar surface area (TPSA) is 114 Å². The molecule has 11 heteroatoms. The predicted octanol–water partition coefficient (Wildman–Crippen LogP) is 6.30. The average Bonchev–Trinajstić information content (AvgIpc) is 3.45. The number of aliphatic imine (C=N–C) groups is 1. The Balaban J connectivity index is 1.55. The van der Waals surface area contributed by atoms with Gasteiger partial charge >= 0.3 is 0 Å². The van der Waals surface area contributed by atoms with Crippen molar-refractivity contribution in [2.45, 2.75) is 35.9 Å². The van der Waals surface area contributed by atoms with Gasteiger partial charge in [-0.05, 0) is 60.2 Å². The van der Waals surface area contributed by atoms with Crippen LogP contribution in [0.15, 0.2) is 117 Å². The molecule has 5 rings (SSSR count). The highest BCUT2D eigenvalue weighted by Gasteiger charge is 2.54. The fraction of sp³-hybridized carbons (Fsp3) is 0.235. The van der Waals surface area contributed by atoms with Crippen LogP contribution in [-0.4, -0.2) is 49.8 Å². The number of hydrogen-bond acceptors (Lipinski definition) is 7. The van der Waals surface area contributed by atoms with Crippen molar-refractivity contribution in [1.82, 2.24) is 5.32 Å². The predicted molar refractivity (Wildman–Crippen MR) is 177 cm³/mol. The first-order valence-corrected chi connectivity index (χ1v) is 17.2. The van der Waals surface area contributed by atoms with Crippen LogP contribution in [0.5, 0.6) is 5.75 Å². The lowest BCUT2D eigenvalue weighted by Gasteiger charge is -2.31. The molecule has 1 amide bonds. The fourth-order valence-electron chi connectivity index (χ4n) is 5.01. The number of carbonyl (C=O) groups excluding carboxylic acids is 1. The zero-order valence-corrected chi connectivity index (χ0v) is 27.4. The van der Waals surface area contributed by atoms with Gasteiger partial charge in [-0.15, -0.1) is 0 Å². The normalized spacial score (nSPS) is 17.8. The van der Waals surface area contributed by atoms with E-state index in [1.165, 1.54) is 12.1 Å². The Kier molecular flexibility index (Phi) is 10.6. The van der Waals surface area contributed by atoms with Crippen molar-refractivity contribution in [3.63, 3.8) is 0 Å². The summed E-state index contributed by atoms with van der Waals surface area (Å²) in [5.41, 5.74) is 0.431. The van der Waals surface area contributed by atoms with Crippen LogP contribution in [-0.2, 0) is 25.9 Å². The molecule has 1 heterocycles. The summed E-state index contributed by atoms with van der Waals surface area (Å²) in [7, 11) is -3.77. The molecule has 1 aliphatic rings. The number of rotatable bonds is 13. The van der Waals surface area contributed by atoms with Crippen molar-refractivity contribution >= 4 is 49.2 Å². The van der Waals surface area contributed by atoms with Gasteiger partial charge in [-0.2, -0.15) is 0 Å². The van der Waals surface area contributed by atoms with E-state index in [1.54, 1.807) is 54.6 Å². The van der Waals surface area contributed by atoms with Gasteiger partial charge in [-0.3, -0.25) is 4.79 Å². The number of aliphatic hydroxyl groups excluding tert-OH is 1. The van der Waals surface area contributed by atoms with Gasteiger partial charge in [0.05, 0.1) is 17.3 Å². The fourth-order valence-corrected chi connectivity index (χ4v) is 7.01. The molecule has 4 aromatic rings. The molecule has 0 aliphatic carbocycles. The Hall–Kier alpha value is -3.70. The second-order valence-corrected chi connectivity index (χ2v) is 13.9. The molecule has 1 aliphatic heterocycles. The van der Waals surface area contributed by atoms with Gasteiger partial charge in [-0.25, -0.2) is 13.4 Å². The number of ether oxygens (including phenoxy) is 2. The first-order valence-electron chi connectivity index (χ1n) is 14.4. The number of aliphatic hydroxyl groups is 1. The Morgan fingerprint density at radius 1 is 0.978 bits per heavy atom. The summed E-state index contributed by atoms with van der Waals surface area (Å²) in [5, 5.41) is 12.6. The summed E-state index contributed by atoms with van der Waals surface area (Å²) in [6.45, 7) is 0.572. The average molecular weight is 712 g/mol. The maximum absolute atomic E-state index is 14.4. The SMILES string of the molecule is O=C(NCc1ccc(Cl)cc1)[C@]1(CCS(=O)(=O)c2ccccc2)N=C(c2ccc(OCCCO)cc2)O[C@@H]1c1ccccc1Br. The van der Waals surface area contributed by atoms with Crippen molar-refractivity contribution in [3.05, 3.63) is 129 Å². The molecule has 45 heavy (non-hydrogen) atoms. The number of nitrogens with zero attached hydrogens (tertiary/aromatic N) is 1. The number of amides is 1. The van der Waals surface area contributed by atoms with Crippen LogP contribution in [0.3, 0.4) is 0 Å². The minimum Gasteiger partial charge on any atom is -0.494 e. The number of sulfone groups is 1. The quantitative estimate of drug-likeness (QED) is 0.158. The van der Waals surface area contributed by atoms with E-state index < -0.39 is 27.4 Å². The third kappa shape index (κ3) is 7.76. The van der Waals surface area contributed by atoms with Crippen molar-refractivity contribution in [1.29, 1.82) is 0 Å². The Morgan fingerprint density at radius 2 is 1.67 bits per heavy atom. The van der Waals surface area contributed by atoms with E-state index in [0.29, 0.717) is 39.4 Å². The van der Waals surface area contributed by atoms with Gasteiger partial charge in [0.15, 0.2) is 21.5 Å². The van der Waals surface area contributed by atoms with E-state index in [9.17, 15) is 13.2 Å². The van der Waals surface area contributed by atoms with Gasteiger partial charge in [0.1, 0.15) is 5.75 Å². The summed E-state index contributed by atoms with van der Waals surface area (Å²) >= 11 is 9.66. The van der Waals surface area contributed by atoms with E-state index in [2.05, 4.69) is 21.2 Å². The van der Waals surface area contributed by atoms with Crippen molar-refractivity contribution < 1.29 is 27.8 Å². The highest BCUT2D eigenvalue weighted by atomic mass is 79.9. The second-order valence-electron chi connectivity index (χ2n) is 10.5. The molecule has 0 saturated heterocycles. The largest absolute Gasteiger partial charge is 0.494 e. The number of halogens is 2. The van der Waals surface area contributed by atoms with Gasteiger partial charge in [0, 0.05) is 46.6 Å². The van der Waals surface area contributed by atoms with Crippen LogP contribution in [0.4, 0.5) is 0 Å². The summed E-state index contributed by atoms with van der Waals surface area (Å²) in [5.74, 6) is -0.00434. The number of carbonyl (C=O) groups is 1. The molecule has 0 spiro atoms. The molecular formula is C34H32BrClN2O6S. The Labute approximate surface area is 276 Å². The first-order chi connectivity index (χ1) is 21.7. The molecule has 4 aromatic carbocycles. The standard InChI is InChI=1S/C34H32BrClN2O6S/c35-30-10-5-4-9-29(30)31-34(19-22-45(41,42)28-7-2-1-3-8-28,33(40)37-23-24-11-15-26(36)16-12-24)38-32(44-31)25-13-17-27(18-14-25)43-21-6-20-39/h1-5,7-18,31,39H,6,19-23H2,(H,37,40)/t31-,34-/m1/s1. The Morgan fingerprint density at radius 3 is 2.36 bits per heavy atom. The molecule has 0 saturated carbocycles. The zero-order valence-electron chi connectivity index (χ0n) is 24.2. The molecule has 0 fully saturated rings. The number of benzene rings is 4. The molecule has 2 atom stereocenters. The zero-order chi connectivity index (χ0) is 31.9. The van der Waals surface area contributed by atoms with E-state index in [1.807, 2.05) is 36.4 Å². The minimum absolute atomic E-state index is 0.0291. The summed E-state index contributed by atoms with van der Waals surface area (Å²) < 4.78 is 39.9. The van der Waals surface area contributed by atoms with Crippen LogP contribution in [0.1, 0.15) is 35.6 Å². The van der Waals surface area contributed by atoms with Gasteiger partial charge in [0.2, 0.25) is 5.90 Å². The lowest BCUT2D eigenvalue weighted by Crippen LogP contribution is -2.49. The maximum Gasteiger partial charge on any atom is 0.252 e. The lowest BCUT2D eigenvalue weighted by molar-refractivity contribution is -0.129. The Bertz CT molecular complexity index is 1750. The lowest BCUT2D eigenvalue weighted by atomic mass is 9.85. The molecule has 0 radical (unpaired) electrons. The van der Waals surface area contributed by atoms with Crippen molar-refractivity contribution in [2.75, 3.05) is 19.0 Å². The highest BCUT2D eigenvalue weighted by molar-refractivity contribution is 9.10. The summed E-state index contributed by atoms with van der Waals surface area (Å²) in [6, 6.07) is 29.7. The summed E-state index contributed by atoms with van der Waals surface area (Å²) in [6.07, 6.45) is -0.584. The second kappa shape index (κ2) is 14.6. The van der Waals surface area contributed by atoms with Crippen LogP contribution in [0.2, 0.25) is 5.02 Å². The number of nitrogens with one attached hydrogen (secondary N) is 1. The maximum atomic E-state index is 14.4. The van der Waals surface area contributed by atoms with E-state index in [0.717, 1.165) is 5.56 Å².